The first-order valence-electron chi connectivity index (χ1n) is 9.28. The van der Waals surface area contributed by atoms with E-state index >= 15 is 0 Å². The number of oxazole rings is 1. The van der Waals surface area contributed by atoms with Crippen molar-refractivity contribution in [3.05, 3.63) is 41.0 Å². The zero-order chi connectivity index (χ0) is 20.4. The average molecular weight is 398 g/mol. The minimum absolute atomic E-state index is 0.173. The fourth-order valence-electron chi connectivity index (χ4n) is 3.21. The highest BCUT2D eigenvalue weighted by Crippen LogP contribution is 2.24. The van der Waals surface area contributed by atoms with E-state index in [1.165, 1.54) is 4.57 Å². The van der Waals surface area contributed by atoms with Crippen molar-refractivity contribution in [1.29, 1.82) is 0 Å². The molecule has 0 saturated carbocycles. The zero-order valence-corrected chi connectivity index (χ0v) is 16.3. The van der Waals surface area contributed by atoms with Crippen LogP contribution in [-0.2, 0) is 16.1 Å². The van der Waals surface area contributed by atoms with Gasteiger partial charge in [0.15, 0.2) is 11.4 Å². The Balaban J connectivity index is 1.55. The summed E-state index contributed by atoms with van der Waals surface area (Å²) in [6, 6.07) is 6.98. The van der Waals surface area contributed by atoms with Crippen LogP contribution >= 0.6 is 0 Å². The van der Waals surface area contributed by atoms with E-state index in [9.17, 15) is 9.59 Å². The lowest BCUT2D eigenvalue weighted by Crippen LogP contribution is -2.37. The van der Waals surface area contributed by atoms with Crippen molar-refractivity contribution in [3.8, 4) is 0 Å². The molecule has 1 amide bonds. The number of nitrogens with zero attached hydrogens (tertiary/aromatic N) is 5. The molecule has 2 aromatic heterocycles. The minimum atomic E-state index is -0.576. The second-order valence-corrected chi connectivity index (χ2v) is 6.87. The van der Waals surface area contributed by atoms with Gasteiger partial charge in [-0.3, -0.25) is 9.36 Å². The number of hydrogen-bond acceptors (Lipinski definition) is 8. The highest BCUT2D eigenvalue weighted by molar-refractivity contribution is 5.94. The van der Waals surface area contributed by atoms with E-state index in [0.717, 1.165) is 13.1 Å². The number of benzene rings is 1. The summed E-state index contributed by atoms with van der Waals surface area (Å²) in [5.41, 5.74) is 1.48. The number of nitrogens with one attached hydrogen (secondary N) is 1. The van der Waals surface area contributed by atoms with Crippen LogP contribution in [0.15, 0.2) is 39.7 Å². The Morgan fingerprint density at radius 1 is 1.24 bits per heavy atom. The minimum Gasteiger partial charge on any atom is -0.408 e. The van der Waals surface area contributed by atoms with E-state index in [1.807, 2.05) is 19.0 Å². The molecular weight excluding hydrogens is 376 g/mol. The van der Waals surface area contributed by atoms with Gasteiger partial charge in [0, 0.05) is 27.2 Å². The van der Waals surface area contributed by atoms with Gasteiger partial charge in [0.25, 0.3) is 0 Å². The topological polar surface area (TPSA) is 106 Å². The lowest BCUT2D eigenvalue weighted by atomic mass is 10.3. The molecule has 29 heavy (non-hydrogen) atoms. The fraction of sp³-hybridized carbons (Fsp3) is 0.368. The second-order valence-electron chi connectivity index (χ2n) is 6.87. The van der Waals surface area contributed by atoms with Crippen molar-refractivity contribution < 1.29 is 13.9 Å². The number of morpholine rings is 1. The normalized spacial score (nSPS) is 14.2. The molecule has 3 aromatic rings. The second kappa shape index (κ2) is 7.92. The maximum absolute atomic E-state index is 12.6. The highest BCUT2D eigenvalue weighted by Gasteiger charge is 2.19. The number of anilines is 3. The molecular formula is C19H22N6O4. The van der Waals surface area contributed by atoms with Gasteiger partial charge in [0.1, 0.15) is 12.2 Å². The summed E-state index contributed by atoms with van der Waals surface area (Å²) in [7, 11) is 3.68. The van der Waals surface area contributed by atoms with Crippen LogP contribution in [0.1, 0.15) is 0 Å². The molecule has 1 fully saturated rings. The Morgan fingerprint density at radius 2 is 2.00 bits per heavy atom. The van der Waals surface area contributed by atoms with Crippen molar-refractivity contribution in [2.75, 3.05) is 55.5 Å². The predicted octanol–water partition coefficient (Wildman–Crippen LogP) is 0.926. The Morgan fingerprint density at radius 3 is 2.76 bits per heavy atom. The molecule has 1 aliphatic rings. The number of para-hydroxylation sites is 2. The van der Waals surface area contributed by atoms with E-state index < -0.39 is 5.76 Å². The monoisotopic (exact) mass is 398 g/mol. The van der Waals surface area contributed by atoms with Gasteiger partial charge in [0.2, 0.25) is 11.9 Å². The Bertz CT molecular complexity index is 1080. The standard InChI is InChI=1S/C19H22N6O4/c1-23(2)17-13(11-20-18(22-17)24-7-9-28-10-8-24)21-16(26)12-25-14-5-3-4-6-15(14)29-19(25)27/h3-6,11H,7-10,12H2,1-2H3,(H,21,26). The molecule has 4 rings (SSSR count). The van der Waals surface area contributed by atoms with E-state index in [-0.39, 0.29) is 12.5 Å². The number of fused-ring (bicyclic) bond motifs is 1. The first kappa shape index (κ1) is 18.9. The Labute approximate surface area is 166 Å². The van der Waals surface area contributed by atoms with Crippen LogP contribution < -0.4 is 20.9 Å². The Hall–Kier alpha value is -3.40. The average Bonchev–Trinajstić information content (AvgIpc) is 3.04. The smallest absolute Gasteiger partial charge is 0.408 e. The molecule has 1 aliphatic heterocycles. The first-order valence-corrected chi connectivity index (χ1v) is 9.28. The predicted molar refractivity (Wildman–Crippen MR) is 108 cm³/mol. The van der Waals surface area contributed by atoms with Gasteiger partial charge in [0.05, 0.1) is 24.9 Å². The van der Waals surface area contributed by atoms with Crippen molar-refractivity contribution >= 4 is 34.5 Å². The maximum atomic E-state index is 12.6. The lowest BCUT2D eigenvalue weighted by Gasteiger charge is -2.28. The Kier molecular flexibility index (Phi) is 5.17. The van der Waals surface area contributed by atoms with E-state index in [0.29, 0.717) is 41.8 Å². The molecule has 1 aromatic carbocycles. The molecule has 0 atom stereocenters. The van der Waals surface area contributed by atoms with Gasteiger partial charge in [-0.15, -0.1) is 0 Å². The molecule has 10 nitrogen and oxygen atoms in total. The molecule has 152 valence electrons. The van der Waals surface area contributed by atoms with E-state index in [2.05, 4.69) is 15.3 Å². The van der Waals surface area contributed by atoms with Crippen molar-refractivity contribution in [2.45, 2.75) is 6.54 Å². The molecule has 0 bridgehead atoms. The number of ether oxygens (including phenoxy) is 1. The molecule has 3 heterocycles. The summed E-state index contributed by atoms with van der Waals surface area (Å²) in [6.07, 6.45) is 1.58. The van der Waals surface area contributed by atoms with Gasteiger partial charge in [-0.25, -0.2) is 9.78 Å². The van der Waals surface area contributed by atoms with Gasteiger partial charge in [-0.1, -0.05) is 12.1 Å². The van der Waals surface area contributed by atoms with Crippen LogP contribution in [0.3, 0.4) is 0 Å². The third kappa shape index (κ3) is 3.92. The summed E-state index contributed by atoms with van der Waals surface area (Å²) in [5, 5.41) is 2.80. The quantitative estimate of drug-likeness (QED) is 0.677. The molecule has 1 N–H and O–H groups in total. The number of carbonyl (C=O) groups is 1. The number of aromatic nitrogens is 3. The molecule has 0 aliphatic carbocycles. The lowest BCUT2D eigenvalue weighted by molar-refractivity contribution is -0.116. The van der Waals surface area contributed by atoms with Crippen LogP contribution in [0.25, 0.3) is 11.1 Å². The fourth-order valence-corrected chi connectivity index (χ4v) is 3.21. The van der Waals surface area contributed by atoms with Crippen LogP contribution in [-0.4, -0.2) is 60.8 Å². The van der Waals surface area contributed by atoms with Gasteiger partial charge in [-0.05, 0) is 12.1 Å². The van der Waals surface area contributed by atoms with Crippen molar-refractivity contribution in [1.82, 2.24) is 14.5 Å². The summed E-state index contributed by atoms with van der Waals surface area (Å²) in [6.45, 7) is 2.52. The first-order chi connectivity index (χ1) is 14.0. The summed E-state index contributed by atoms with van der Waals surface area (Å²) >= 11 is 0. The van der Waals surface area contributed by atoms with Gasteiger partial charge < -0.3 is 24.3 Å². The molecule has 10 heteroatoms. The van der Waals surface area contributed by atoms with Crippen LogP contribution in [0.4, 0.5) is 17.5 Å². The van der Waals surface area contributed by atoms with Crippen molar-refractivity contribution in [3.63, 3.8) is 0 Å². The third-order valence-electron chi connectivity index (χ3n) is 4.62. The van der Waals surface area contributed by atoms with Crippen molar-refractivity contribution in [2.24, 2.45) is 0 Å². The maximum Gasteiger partial charge on any atom is 0.420 e. The molecule has 0 unspecified atom stereocenters. The largest absolute Gasteiger partial charge is 0.420 e. The number of hydrogen-bond donors (Lipinski definition) is 1. The van der Waals surface area contributed by atoms with Gasteiger partial charge in [-0.2, -0.15) is 4.98 Å². The molecule has 0 radical (unpaired) electrons. The number of amides is 1. The summed E-state index contributed by atoms with van der Waals surface area (Å²) < 4.78 is 11.8. The van der Waals surface area contributed by atoms with Gasteiger partial charge >= 0.3 is 5.76 Å². The SMILES string of the molecule is CN(C)c1nc(N2CCOCC2)ncc1NC(=O)Cn1c(=O)oc2ccccc21. The summed E-state index contributed by atoms with van der Waals surface area (Å²) in [5.74, 6) is 0.226. The van der Waals surface area contributed by atoms with Crippen LogP contribution in [0, 0.1) is 0 Å². The highest BCUT2D eigenvalue weighted by atomic mass is 16.5. The summed E-state index contributed by atoms with van der Waals surface area (Å²) in [4.78, 5) is 37.6. The van der Waals surface area contributed by atoms with Crippen LogP contribution in [0.2, 0.25) is 0 Å². The third-order valence-corrected chi connectivity index (χ3v) is 4.62. The van der Waals surface area contributed by atoms with E-state index in [4.69, 9.17) is 9.15 Å². The number of carbonyl (C=O) groups excluding carboxylic acids is 1. The zero-order valence-electron chi connectivity index (χ0n) is 16.3. The van der Waals surface area contributed by atoms with E-state index in [1.54, 1.807) is 35.4 Å². The molecule has 1 saturated heterocycles. The van der Waals surface area contributed by atoms with Crippen LogP contribution in [0.5, 0.6) is 0 Å². The number of rotatable bonds is 5. The molecule has 0 spiro atoms.